The number of hydrogen-bond donors (Lipinski definition) is 1. The van der Waals surface area contributed by atoms with E-state index in [1.54, 1.807) is 0 Å². The third kappa shape index (κ3) is 2.22. The molecule has 7 nitrogen and oxygen atoms in total. The van der Waals surface area contributed by atoms with Gasteiger partial charge in [-0.2, -0.15) is 0 Å². The van der Waals surface area contributed by atoms with E-state index in [0.717, 1.165) is 6.26 Å². The van der Waals surface area contributed by atoms with Crippen molar-refractivity contribution in [1.82, 2.24) is 9.46 Å². The maximum Gasteiger partial charge on any atom is 0.231 e. The highest BCUT2D eigenvalue weighted by Crippen LogP contribution is 2.20. The molecule has 1 amide bonds. The van der Waals surface area contributed by atoms with Gasteiger partial charge in [0.05, 0.1) is 12.2 Å². The van der Waals surface area contributed by atoms with Crippen LogP contribution in [-0.4, -0.2) is 43.1 Å². The van der Waals surface area contributed by atoms with Crippen molar-refractivity contribution in [2.75, 3.05) is 24.7 Å². The van der Waals surface area contributed by atoms with Crippen molar-refractivity contribution in [3.8, 4) is 0 Å². The summed E-state index contributed by atoms with van der Waals surface area (Å²) in [6.07, 6.45) is 2.47. The van der Waals surface area contributed by atoms with E-state index in [0.29, 0.717) is 5.82 Å². The van der Waals surface area contributed by atoms with Gasteiger partial charge >= 0.3 is 0 Å². The molecule has 0 bridgehead atoms. The summed E-state index contributed by atoms with van der Waals surface area (Å²) in [6.45, 7) is 0.449. The molecule has 2 heterocycles. The first-order chi connectivity index (χ1) is 7.47. The van der Waals surface area contributed by atoms with Crippen LogP contribution in [0, 0.1) is 5.92 Å². The third-order valence-electron chi connectivity index (χ3n) is 2.38. The summed E-state index contributed by atoms with van der Waals surface area (Å²) in [7, 11) is -3.18. The van der Waals surface area contributed by atoms with Crippen molar-refractivity contribution in [2.45, 2.75) is 0 Å². The van der Waals surface area contributed by atoms with Crippen molar-refractivity contribution in [1.29, 1.82) is 0 Å². The molecule has 1 aliphatic rings. The van der Waals surface area contributed by atoms with Gasteiger partial charge in [0.1, 0.15) is 6.26 Å². The molecular weight excluding hydrogens is 234 g/mol. The van der Waals surface area contributed by atoms with Crippen LogP contribution in [0.2, 0.25) is 0 Å². The van der Waals surface area contributed by atoms with Gasteiger partial charge in [0.15, 0.2) is 5.82 Å². The van der Waals surface area contributed by atoms with Gasteiger partial charge in [0.2, 0.25) is 15.9 Å². The summed E-state index contributed by atoms with van der Waals surface area (Å²) in [5, 5.41) is 6.06. The van der Waals surface area contributed by atoms with E-state index < -0.39 is 10.0 Å². The minimum absolute atomic E-state index is 0.225. The predicted octanol–water partition coefficient (Wildman–Crippen LogP) is -0.496. The minimum atomic E-state index is -3.18. The lowest BCUT2D eigenvalue weighted by Gasteiger charge is -2.35. The number of aromatic nitrogens is 1. The molecule has 8 heteroatoms. The Labute approximate surface area is 92.4 Å². The molecule has 0 unspecified atom stereocenters. The second-order valence-electron chi connectivity index (χ2n) is 3.65. The van der Waals surface area contributed by atoms with Gasteiger partial charge in [-0.15, -0.1) is 0 Å². The first kappa shape index (κ1) is 11.1. The fourth-order valence-corrected chi connectivity index (χ4v) is 2.28. The summed E-state index contributed by atoms with van der Waals surface area (Å²) < 4.78 is 27.9. The Morgan fingerprint density at radius 3 is 2.81 bits per heavy atom. The van der Waals surface area contributed by atoms with E-state index in [-0.39, 0.29) is 24.9 Å². The molecule has 0 atom stereocenters. The van der Waals surface area contributed by atoms with E-state index in [2.05, 4.69) is 15.0 Å². The molecule has 88 valence electrons. The average molecular weight is 245 g/mol. The molecule has 0 spiro atoms. The Bertz CT molecular complexity index is 475. The molecule has 1 aliphatic heterocycles. The Kier molecular flexibility index (Phi) is 2.68. The summed E-state index contributed by atoms with van der Waals surface area (Å²) in [4.78, 5) is 11.6. The Hall–Kier alpha value is -1.41. The zero-order valence-corrected chi connectivity index (χ0v) is 9.40. The summed E-state index contributed by atoms with van der Waals surface area (Å²) in [6, 6.07) is 1.52. The van der Waals surface area contributed by atoms with Gasteiger partial charge in [-0.05, 0) is 0 Å². The highest BCUT2D eigenvalue weighted by molar-refractivity contribution is 7.88. The fourth-order valence-electron chi connectivity index (χ4n) is 1.38. The van der Waals surface area contributed by atoms with Crippen molar-refractivity contribution < 1.29 is 17.7 Å². The minimum Gasteiger partial charge on any atom is -0.363 e. The maximum absolute atomic E-state index is 11.6. The standard InChI is InChI=1S/C8H11N3O4S/c1-16(13,14)11-4-6(5-11)8(12)9-7-2-3-15-10-7/h2-3,6H,4-5H2,1H3,(H,9,10,12). The third-order valence-corrected chi connectivity index (χ3v) is 3.61. The quantitative estimate of drug-likeness (QED) is 0.775. The number of rotatable bonds is 3. The van der Waals surface area contributed by atoms with Crippen LogP contribution in [0.15, 0.2) is 16.9 Å². The zero-order chi connectivity index (χ0) is 11.8. The van der Waals surface area contributed by atoms with Crippen LogP contribution >= 0.6 is 0 Å². The van der Waals surface area contributed by atoms with Crippen molar-refractivity contribution in [3.63, 3.8) is 0 Å². The molecule has 1 aromatic heterocycles. The van der Waals surface area contributed by atoms with Crippen molar-refractivity contribution >= 4 is 21.7 Å². The first-order valence-corrected chi connectivity index (χ1v) is 6.48. The molecule has 0 saturated carbocycles. The van der Waals surface area contributed by atoms with Gasteiger partial charge in [0.25, 0.3) is 0 Å². The molecule has 2 rings (SSSR count). The van der Waals surface area contributed by atoms with E-state index in [1.165, 1.54) is 16.6 Å². The largest absolute Gasteiger partial charge is 0.363 e. The lowest BCUT2D eigenvalue weighted by atomic mass is 10.0. The first-order valence-electron chi connectivity index (χ1n) is 4.63. The predicted molar refractivity (Wildman–Crippen MR) is 55.0 cm³/mol. The smallest absolute Gasteiger partial charge is 0.231 e. The second kappa shape index (κ2) is 3.87. The molecule has 16 heavy (non-hydrogen) atoms. The van der Waals surface area contributed by atoms with Crippen LogP contribution in [0.4, 0.5) is 5.82 Å². The van der Waals surface area contributed by atoms with Crippen LogP contribution < -0.4 is 5.32 Å². The number of amides is 1. The fraction of sp³-hybridized carbons (Fsp3) is 0.500. The van der Waals surface area contributed by atoms with Gasteiger partial charge < -0.3 is 9.84 Å². The van der Waals surface area contributed by atoms with Crippen LogP contribution in [0.5, 0.6) is 0 Å². The summed E-state index contributed by atoms with van der Waals surface area (Å²) in [5.41, 5.74) is 0. The van der Waals surface area contributed by atoms with E-state index in [1.807, 2.05) is 0 Å². The van der Waals surface area contributed by atoms with Gasteiger partial charge in [-0.3, -0.25) is 4.79 Å². The summed E-state index contributed by atoms with van der Waals surface area (Å²) in [5.74, 6) is -0.219. The number of anilines is 1. The Morgan fingerprint density at radius 1 is 1.62 bits per heavy atom. The highest BCUT2D eigenvalue weighted by atomic mass is 32.2. The molecule has 0 aliphatic carbocycles. The number of nitrogens with zero attached hydrogens (tertiary/aromatic N) is 2. The lowest BCUT2D eigenvalue weighted by Crippen LogP contribution is -2.53. The molecule has 0 aromatic carbocycles. The van der Waals surface area contributed by atoms with Crippen molar-refractivity contribution in [3.05, 3.63) is 12.3 Å². The maximum atomic E-state index is 11.6. The topological polar surface area (TPSA) is 92.5 Å². The monoisotopic (exact) mass is 245 g/mol. The highest BCUT2D eigenvalue weighted by Gasteiger charge is 2.37. The van der Waals surface area contributed by atoms with Crippen LogP contribution in [0.3, 0.4) is 0 Å². The summed E-state index contributed by atoms with van der Waals surface area (Å²) >= 11 is 0. The van der Waals surface area contributed by atoms with E-state index in [9.17, 15) is 13.2 Å². The SMILES string of the molecule is CS(=O)(=O)N1CC(C(=O)Nc2ccon2)C1. The molecule has 1 aromatic rings. The van der Waals surface area contributed by atoms with Crippen LogP contribution in [-0.2, 0) is 14.8 Å². The Balaban J connectivity index is 1.86. The molecule has 1 saturated heterocycles. The number of sulfonamides is 1. The van der Waals surface area contributed by atoms with E-state index >= 15 is 0 Å². The lowest BCUT2D eigenvalue weighted by molar-refractivity contribution is -0.122. The average Bonchev–Trinajstić information content (AvgIpc) is 2.50. The molecular formula is C8H11N3O4S. The number of nitrogens with one attached hydrogen (secondary N) is 1. The second-order valence-corrected chi connectivity index (χ2v) is 5.63. The normalized spacial score (nSPS) is 18.1. The van der Waals surface area contributed by atoms with Gasteiger partial charge in [-0.1, -0.05) is 5.16 Å². The Morgan fingerprint density at radius 2 is 2.31 bits per heavy atom. The van der Waals surface area contributed by atoms with Gasteiger partial charge in [0, 0.05) is 19.2 Å². The number of carbonyl (C=O) groups is 1. The zero-order valence-electron chi connectivity index (χ0n) is 8.58. The molecule has 1 fully saturated rings. The van der Waals surface area contributed by atoms with E-state index in [4.69, 9.17) is 0 Å². The molecule has 0 radical (unpaired) electrons. The number of hydrogen-bond acceptors (Lipinski definition) is 5. The van der Waals surface area contributed by atoms with Crippen molar-refractivity contribution in [2.24, 2.45) is 5.92 Å². The van der Waals surface area contributed by atoms with Crippen LogP contribution in [0.25, 0.3) is 0 Å². The van der Waals surface area contributed by atoms with Crippen LogP contribution in [0.1, 0.15) is 0 Å². The number of carbonyl (C=O) groups excluding carboxylic acids is 1. The van der Waals surface area contributed by atoms with Gasteiger partial charge in [-0.25, -0.2) is 12.7 Å². The molecule has 1 N–H and O–H groups in total.